The van der Waals surface area contributed by atoms with E-state index in [9.17, 15) is 9.59 Å². The highest BCUT2D eigenvalue weighted by Crippen LogP contribution is 2.24. The van der Waals surface area contributed by atoms with Gasteiger partial charge in [0, 0.05) is 23.5 Å². The van der Waals surface area contributed by atoms with Crippen molar-refractivity contribution in [3.63, 3.8) is 0 Å². The Morgan fingerprint density at radius 2 is 1.77 bits per heavy atom. The van der Waals surface area contributed by atoms with Crippen LogP contribution in [0.15, 0.2) is 54.7 Å². The summed E-state index contributed by atoms with van der Waals surface area (Å²) in [4.78, 5) is 28.7. The molecule has 0 aliphatic heterocycles. The van der Waals surface area contributed by atoms with Gasteiger partial charge in [-0.2, -0.15) is 0 Å². The van der Waals surface area contributed by atoms with Crippen molar-refractivity contribution in [3.8, 4) is 5.75 Å². The molecule has 0 spiro atoms. The summed E-state index contributed by atoms with van der Waals surface area (Å²) in [6.07, 6.45) is 1.50. The largest absolute Gasteiger partial charge is 0.495 e. The third-order valence-electron chi connectivity index (χ3n) is 4.47. The van der Waals surface area contributed by atoms with Crippen LogP contribution in [0, 0.1) is 0 Å². The zero-order chi connectivity index (χ0) is 21.7. The number of aromatic amines is 1. The summed E-state index contributed by atoms with van der Waals surface area (Å²) in [5, 5.41) is 6.55. The number of hydrogen-bond donors (Lipinski definition) is 3. The van der Waals surface area contributed by atoms with Gasteiger partial charge in [0.1, 0.15) is 17.4 Å². The van der Waals surface area contributed by atoms with Gasteiger partial charge in [0.2, 0.25) is 5.91 Å². The van der Waals surface area contributed by atoms with E-state index in [1.165, 1.54) is 7.11 Å². The Bertz CT molecular complexity index is 1040. The fourth-order valence-electron chi connectivity index (χ4n) is 3.15. The second-order valence-corrected chi connectivity index (χ2v) is 7.95. The van der Waals surface area contributed by atoms with E-state index in [0.717, 1.165) is 16.5 Å². The quantitative estimate of drug-likeness (QED) is 0.567. The Morgan fingerprint density at radius 3 is 2.50 bits per heavy atom. The van der Waals surface area contributed by atoms with Crippen LogP contribution in [-0.2, 0) is 16.0 Å². The van der Waals surface area contributed by atoms with Crippen molar-refractivity contribution in [1.82, 2.24) is 10.3 Å². The Morgan fingerprint density at radius 1 is 1.07 bits per heavy atom. The number of anilines is 1. The second-order valence-electron chi connectivity index (χ2n) is 7.95. The molecular formula is C23H27N3O4. The molecule has 0 aliphatic rings. The molecule has 158 valence electrons. The lowest BCUT2D eigenvalue weighted by molar-refractivity contribution is -0.118. The van der Waals surface area contributed by atoms with Crippen molar-refractivity contribution >= 4 is 28.6 Å². The van der Waals surface area contributed by atoms with Crippen LogP contribution in [0.1, 0.15) is 26.3 Å². The van der Waals surface area contributed by atoms with Gasteiger partial charge in [0.05, 0.1) is 12.8 Å². The molecule has 0 fully saturated rings. The summed E-state index contributed by atoms with van der Waals surface area (Å²) in [5.41, 5.74) is 1.74. The molecule has 7 heteroatoms. The fraction of sp³-hybridized carbons (Fsp3) is 0.304. The van der Waals surface area contributed by atoms with E-state index in [4.69, 9.17) is 9.47 Å². The van der Waals surface area contributed by atoms with Gasteiger partial charge in [-0.05, 0) is 44.5 Å². The number of ether oxygens (including phenoxy) is 2. The summed E-state index contributed by atoms with van der Waals surface area (Å²) >= 11 is 0. The highest BCUT2D eigenvalue weighted by atomic mass is 16.6. The Balaban J connectivity index is 1.84. The number of methoxy groups -OCH3 is 1. The van der Waals surface area contributed by atoms with Crippen LogP contribution in [0.25, 0.3) is 10.9 Å². The van der Waals surface area contributed by atoms with Crippen molar-refractivity contribution in [2.24, 2.45) is 0 Å². The summed E-state index contributed by atoms with van der Waals surface area (Å²) in [5.74, 6) is 0.171. The number of nitrogens with one attached hydrogen (secondary N) is 3. The van der Waals surface area contributed by atoms with Crippen LogP contribution in [0.5, 0.6) is 5.75 Å². The molecule has 0 radical (unpaired) electrons. The van der Waals surface area contributed by atoms with Crippen molar-refractivity contribution < 1.29 is 19.1 Å². The number of aromatic nitrogens is 1. The number of benzene rings is 2. The average molecular weight is 409 g/mol. The summed E-state index contributed by atoms with van der Waals surface area (Å²) in [6.45, 7) is 5.32. The summed E-state index contributed by atoms with van der Waals surface area (Å²) < 4.78 is 10.7. The molecule has 1 heterocycles. The minimum absolute atomic E-state index is 0.296. The van der Waals surface area contributed by atoms with Crippen LogP contribution in [0.4, 0.5) is 10.5 Å². The van der Waals surface area contributed by atoms with Gasteiger partial charge in [-0.3, -0.25) is 4.79 Å². The highest BCUT2D eigenvalue weighted by Gasteiger charge is 2.26. The van der Waals surface area contributed by atoms with Gasteiger partial charge in [0.15, 0.2) is 0 Å². The molecule has 0 aliphatic carbocycles. The van der Waals surface area contributed by atoms with E-state index < -0.39 is 17.7 Å². The van der Waals surface area contributed by atoms with Crippen LogP contribution in [0.3, 0.4) is 0 Å². The molecule has 3 aromatic rings. The van der Waals surface area contributed by atoms with Crippen molar-refractivity contribution in [2.75, 3.05) is 12.4 Å². The van der Waals surface area contributed by atoms with Gasteiger partial charge in [-0.1, -0.05) is 30.3 Å². The monoisotopic (exact) mass is 409 g/mol. The smallest absolute Gasteiger partial charge is 0.408 e. The second kappa shape index (κ2) is 8.90. The first-order valence-electron chi connectivity index (χ1n) is 9.75. The standard InChI is InChI=1S/C23H27N3O4/c1-23(2,3)30-22(28)26-19(13-15-14-24-17-10-6-5-9-16(15)17)21(27)25-18-11-7-8-12-20(18)29-4/h5-12,14,19,24H,13H2,1-4H3,(H,25,27)(H,26,28). The number of carbonyl (C=O) groups is 2. The normalized spacial score (nSPS) is 12.3. The van der Waals surface area contributed by atoms with Crippen molar-refractivity contribution in [3.05, 3.63) is 60.3 Å². The lowest BCUT2D eigenvalue weighted by Crippen LogP contribution is -2.47. The van der Waals surface area contributed by atoms with E-state index in [0.29, 0.717) is 17.9 Å². The molecule has 1 unspecified atom stereocenters. The van der Waals surface area contributed by atoms with Gasteiger partial charge in [-0.25, -0.2) is 4.79 Å². The summed E-state index contributed by atoms with van der Waals surface area (Å²) in [6, 6.07) is 14.1. The van der Waals surface area contributed by atoms with Crippen LogP contribution >= 0.6 is 0 Å². The third kappa shape index (κ3) is 5.31. The first kappa shape index (κ1) is 21.2. The number of H-pyrrole nitrogens is 1. The molecule has 2 aromatic carbocycles. The maximum atomic E-state index is 13.1. The molecular weight excluding hydrogens is 382 g/mol. The number of para-hydroxylation sites is 3. The predicted molar refractivity (Wildman–Crippen MR) is 117 cm³/mol. The first-order chi connectivity index (χ1) is 14.3. The minimum atomic E-state index is -0.844. The molecule has 0 bridgehead atoms. The van der Waals surface area contributed by atoms with Crippen LogP contribution < -0.4 is 15.4 Å². The Labute approximate surface area is 175 Å². The Hall–Kier alpha value is -3.48. The van der Waals surface area contributed by atoms with Crippen molar-refractivity contribution in [1.29, 1.82) is 0 Å². The number of fused-ring (bicyclic) bond motifs is 1. The zero-order valence-corrected chi connectivity index (χ0v) is 17.6. The maximum absolute atomic E-state index is 13.1. The van der Waals surface area contributed by atoms with Gasteiger partial charge < -0.3 is 25.1 Å². The molecule has 30 heavy (non-hydrogen) atoms. The number of hydrogen-bond acceptors (Lipinski definition) is 4. The SMILES string of the molecule is COc1ccccc1NC(=O)C(Cc1c[nH]c2ccccc12)NC(=O)OC(C)(C)C. The van der Waals surface area contributed by atoms with E-state index in [1.54, 1.807) is 39.0 Å². The molecule has 2 amide bonds. The molecule has 0 saturated carbocycles. The zero-order valence-electron chi connectivity index (χ0n) is 17.6. The topological polar surface area (TPSA) is 92.5 Å². The third-order valence-corrected chi connectivity index (χ3v) is 4.47. The van der Waals surface area contributed by atoms with Gasteiger partial charge >= 0.3 is 6.09 Å². The molecule has 0 saturated heterocycles. The van der Waals surface area contributed by atoms with Gasteiger partial charge in [-0.15, -0.1) is 0 Å². The Kier molecular flexibility index (Phi) is 6.30. The minimum Gasteiger partial charge on any atom is -0.495 e. The number of alkyl carbamates (subject to hydrolysis) is 1. The lowest BCUT2D eigenvalue weighted by Gasteiger charge is -2.23. The molecule has 3 rings (SSSR count). The van der Waals surface area contributed by atoms with E-state index in [1.807, 2.05) is 36.5 Å². The average Bonchev–Trinajstić information content (AvgIpc) is 3.09. The first-order valence-corrected chi connectivity index (χ1v) is 9.75. The number of amides is 2. The lowest BCUT2D eigenvalue weighted by atomic mass is 10.0. The van der Waals surface area contributed by atoms with Crippen LogP contribution in [0.2, 0.25) is 0 Å². The molecule has 3 N–H and O–H groups in total. The summed E-state index contributed by atoms with van der Waals surface area (Å²) in [7, 11) is 1.54. The number of rotatable bonds is 6. The van der Waals surface area contributed by atoms with E-state index >= 15 is 0 Å². The molecule has 1 atom stereocenters. The van der Waals surface area contributed by atoms with Gasteiger partial charge in [0.25, 0.3) is 0 Å². The van der Waals surface area contributed by atoms with Crippen molar-refractivity contribution in [2.45, 2.75) is 38.8 Å². The van der Waals surface area contributed by atoms with E-state index in [2.05, 4.69) is 15.6 Å². The highest BCUT2D eigenvalue weighted by molar-refractivity contribution is 5.98. The molecule has 1 aromatic heterocycles. The predicted octanol–water partition coefficient (Wildman–Crippen LogP) is 4.25. The van der Waals surface area contributed by atoms with E-state index in [-0.39, 0.29) is 5.91 Å². The molecule has 7 nitrogen and oxygen atoms in total. The maximum Gasteiger partial charge on any atom is 0.408 e. The fourth-order valence-corrected chi connectivity index (χ4v) is 3.15. The van der Waals surface area contributed by atoms with Crippen LogP contribution in [-0.4, -0.2) is 35.7 Å². The number of carbonyl (C=O) groups excluding carboxylic acids is 2.